The number of ether oxygens (including phenoxy) is 1. The van der Waals surface area contributed by atoms with Crippen LogP contribution in [0.5, 0.6) is 0 Å². The van der Waals surface area contributed by atoms with Crippen LogP contribution in [-0.4, -0.2) is 49.1 Å². The quantitative estimate of drug-likeness (QED) is 0.851. The Morgan fingerprint density at radius 2 is 1.81 bits per heavy atom. The number of likely N-dealkylation sites (tertiary alicyclic amines) is 1. The lowest BCUT2D eigenvalue weighted by Crippen LogP contribution is -2.36. The Morgan fingerprint density at radius 3 is 2.48 bits per heavy atom. The molecular weight excluding hydrogens is 268 g/mol. The Hall–Kier alpha value is -1.10. The molecule has 2 saturated heterocycles. The molecule has 2 aliphatic heterocycles. The van der Waals surface area contributed by atoms with Gasteiger partial charge in [-0.3, -0.25) is 9.59 Å². The van der Waals surface area contributed by atoms with Crippen molar-refractivity contribution >= 4 is 11.8 Å². The number of carbonyl (C=O) groups is 2. The molecule has 0 spiro atoms. The Kier molecular flexibility index (Phi) is 4.78. The van der Waals surface area contributed by atoms with Crippen LogP contribution in [0.4, 0.5) is 0 Å². The molecule has 0 aromatic heterocycles. The minimum atomic E-state index is -0.0952. The molecule has 0 bridgehead atoms. The summed E-state index contributed by atoms with van der Waals surface area (Å²) in [5.74, 6) is 0.0857. The van der Waals surface area contributed by atoms with Crippen molar-refractivity contribution in [1.82, 2.24) is 10.2 Å². The van der Waals surface area contributed by atoms with Gasteiger partial charge in [-0.15, -0.1) is 0 Å². The van der Waals surface area contributed by atoms with Crippen LogP contribution in [0.15, 0.2) is 0 Å². The van der Waals surface area contributed by atoms with Crippen molar-refractivity contribution in [2.24, 2.45) is 11.8 Å². The summed E-state index contributed by atoms with van der Waals surface area (Å²) < 4.78 is 5.50. The molecule has 3 rings (SSSR count). The Bertz CT molecular complexity index is 385. The summed E-state index contributed by atoms with van der Waals surface area (Å²) in [6.45, 7) is 3.15. The van der Waals surface area contributed by atoms with E-state index >= 15 is 0 Å². The predicted molar refractivity (Wildman–Crippen MR) is 78.6 cm³/mol. The smallest absolute Gasteiger partial charge is 0.226 e. The van der Waals surface area contributed by atoms with Crippen molar-refractivity contribution in [1.29, 1.82) is 0 Å². The highest BCUT2D eigenvalue weighted by Gasteiger charge is 2.49. The molecule has 2 heterocycles. The van der Waals surface area contributed by atoms with Gasteiger partial charge >= 0.3 is 0 Å². The molecule has 3 atom stereocenters. The molecular formula is C16H26N2O3. The molecule has 3 fully saturated rings. The lowest BCUT2D eigenvalue weighted by atomic mass is 10.2. The second kappa shape index (κ2) is 6.77. The van der Waals surface area contributed by atoms with Crippen LogP contribution in [0.1, 0.15) is 44.9 Å². The van der Waals surface area contributed by atoms with Crippen LogP contribution < -0.4 is 5.32 Å². The molecule has 0 aromatic rings. The molecule has 21 heavy (non-hydrogen) atoms. The van der Waals surface area contributed by atoms with Crippen LogP contribution in [0.2, 0.25) is 0 Å². The first-order valence-electron chi connectivity index (χ1n) is 8.44. The fourth-order valence-electron chi connectivity index (χ4n) is 3.43. The zero-order chi connectivity index (χ0) is 14.7. The van der Waals surface area contributed by atoms with Gasteiger partial charge in [-0.25, -0.2) is 0 Å². The number of amides is 2. The summed E-state index contributed by atoms with van der Waals surface area (Å²) in [6.07, 6.45) is 7.67. The van der Waals surface area contributed by atoms with E-state index in [9.17, 15) is 9.59 Å². The monoisotopic (exact) mass is 294 g/mol. The van der Waals surface area contributed by atoms with Crippen molar-refractivity contribution < 1.29 is 14.3 Å². The maximum atomic E-state index is 12.4. The topological polar surface area (TPSA) is 58.6 Å². The van der Waals surface area contributed by atoms with Crippen LogP contribution in [0.25, 0.3) is 0 Å². The predicted octanol–water partition coefficient (Wildman–Crippen LogP) is 1.32. The molecule has 1 aliphatic carbocycles. The van der Waals surface area contributed by atoms with Gasteiger partial charge in [0, 0.05) is 26.2 Å². The maximum Gasteiger partial charge on any atom is 0.226 e. The zero-order valence-corrected chi connectivity index (χ0v) is 12.7. The van der Waals surface area contributed by atoms with Gasteiger partial charge in [-0.1, -0.05) is 12.8 Å². The molecule has 0 radical (unpaired) electrons. The molecule has 0 aromatic carbocycles. The SMILES string of the molecule is O=C(NCC1CCCO1)C1CC1C(=O)N1CCCCCC1. The van der Waals surface area contributed by atoms with Crippen molar-refractivity contribution in [3.63, 3.8) is 0 Å². The average Bonchev–Trinajstić information content (AvgIpc) is 3.21. The Morgan fingerprint density at radius 1 is 1.05 bits per heavy atom. The van der Waals surface area contributed by atoms with Crippen LogP contribution in [0, 0.1) is 11.8 Å². The maximum absolute atomic E-state index is 12.4. The molecule has 3 unspecified atom stereocenters. The first-order chi connectivity index (χ1) is 10.3. The number of nitrogens with zero attached hydrogens (tertiary/aromatic N) is 1. The van der Waals surface area contributed by atoms with Gasteiger partial charge in [-0.05, 0) is 32.1 Å². The summed E-state index contributed by atoms with van der Waals surface area (Å²) in [7, 11) is 0. The largest absolute Gasteiger partial charge is 0.376 e. The molecule has 5 nitrogen and oxygen atoms in total. The number of rotatable bonds is 4. The number of hydrogen-bond acceptors (Lipinski definition) is 3. The number of nitrogens with one attached hydrogen (secondary N) is 1. The van der Waals surface area contributed by atoms with Crippen LogP contribution in [0.3, 0.4) is 0 Å². The lowest BCUT2D eigenvalue weighted by molar-refractivity contribution is -0.134. The van der Waals surface area contributed by atoms with Crippen LogP contribution >= 0.6 is 0 Å². The van der Waals surface area contributed by atoms with Crippen molar-refractivity contribution in [2.75, 3.05) is 26.2 Å². The second-order valence-electron chi connectivity index (χ2n) is 6.57. The second-order valence-corrected chi connectivity index (χ2v) is 6.57. The van der Waals surface area contributed by atoms with E-state index < -0.39 is 0 Å². The summed E-state index contributed by atoms with van der Waals surface area (Å²) in [6, 6.07) is 0. The summed E-state index contributed by atoms with van der Waals surface area (Å²) in [5, 5.41) is 2.95. The van der Waals surface area contributed by atoms with E-state index in [1.807, 2.05) is 4.90 Å². The first-order valence-corrected chi connectivity index (χ1v) is 8.44. The van der Waals surface area contributed by atoms with Crippen molar-refractivity contribution in [3.05, 3.63) is 0 Å². The van der Waals surface area contributed by atoms with Crippen LogP contribution in [-0.2, 0) is 14.3 Å². The van der Waals surface area contributed by atoms with Gasteiger partial charge in [-0.2, -0.15) is 0 Å². The van der Waals surface area contributed by atoms with Gasteiger partial charge in [0.05, 0.1) is 17.9 Å². The number of carbonyl (C=O) groups excluding carboxylic acids is 2. The van der Waals surface area contributed by atoms with Gasteiger partial charge in [0.15, 0.2) is 0 Å². The highest BCUT2D eigenvalue weighted by molar-refractivity contribution is 5.92. The average molecular weight is 294 g/mol. The molecule has 2 amide bonds. The van der Waals surface area contributed by atoms with E-state index in [0.29, 0.717) is 6.54 Å². The minimum Gasteiger partial charge on any atom is -0.376 e. The molecule has 3 aliphatic rings. The van der Waals surface area contributed by atoms with E-state index in [2.05, 4.69) is 5.32 Å². The molecule has 5 heteroatoms. The Labute approximate surface area is 126 Å². The van der Waals surface area contributed by atoms with E-state index in [-0.39, 0.29) is 29.8 Å². The van der Waals surface area contributed by atoms with E-state index in [4.69, 9.17) is 4.74 Å². The van der Waals surface area contributed by atoms with Gasteiger partial charge in [0.25, 0.3) is 0 Å². The molecule has 118 valence electrons. The third kappa shape index (κ3) is 3.76. The van der Waals surface area contributed by atoms with Gasteiger partial charge < -0.3 is 15.0 Å². The standard InChI is InChI=1S/C16H26N2O3/c19-15(17-11-12-6-5-9-21-12)13-10-14(13)16(20)18-7-3-1-2-4-8-18/h12-14H,1-11H2,(H,17,19). The minimum absolute atomic E-state index is 0.0404. The van der Waals surface area contributed by atoms with E-state index in [1.165, 1.54) is 12.8 Å². The summed E-state index contributed by atoms with van der Waals surface area (Å²) in [4.78, 5) is 26.5. The number of hydrogen-bond donors (Lipinski definition) is 1. The highest BCUT2D eigenvalue weighted by Crippen LogP contribution is 2.40. The van der Waals surface area contributed by atoms with Crippen molar-refractivity contribution in [2.45, 2.75) is 51.0 Å². The lowest BCUT2D eigenvalue weighted by Gasteiger charge is -2.20. The molecule has 1 N–H and O–H groups in total. The van der Waals surface area contributed by atoms with Gasteiger partial charge in [0.1, 0.15) is 0 Å². The Balaban J connectivity index is 1.41. The fourth-order valence-corrected chi connectivity index (χ4v) is 3.43. The third-order valence-electron chi connectivity index (χ3n) is 4.89. The zero-order valence-electron chi connectivity index (χ0n) is 12.7. The highest BCUT2D eigenvalue weighted by atomic mass is 16.5. The summed E-state index contributed by atoms with van der Waals surface area (Å²) >= 11 is 0. The fraction of sp³-hybridized carbons (Fsp3) is 0.875. The van der Waals surface area contributed by atoms with Crippen molar-refractivity contribution in [3.8, 4) is 0 Å². The normalized spacial score (nSPS) is 32.6. The van der Waals surface area contributed by atoms with E-state index in [0.717, 1.165) is 51.8 Å². The van der Waals surface area contributed by atoms with Gasteiger partial charge in [0.2, 0.25) is 11.8 Å². The molecule has 1 saturated carbocycles. The summed E-state index contributed by atoms with van der Waals surface area (Å²) in [5.41, 5.74) is 0. The third-order valence-corrected chi connectivity index (χ3v) is 4.89. The first kappa shape index (κ1) is 14.8. The van der Waals surface area contributed by atoms with E-state index in [1.54, 1.807) is 0 Å².